The van der Waals surface area contributed by atoms with Crippen LogP contribution in [0.15, 0.2) is 18.2 Å². The zero-order valence-corrected chi connectivity index (χ0v) is 16.3. The number of aryl methyl sites for hydroxylation is 1. The number of imidazole rings is 1. The highest BCUT2D eigenvalue weighted by molar-refractivity contribution is 7.91. The Labute approximate surface area is 157 Å². The summed E-state index contributed by atoms with van der Waals surface area (Å²) in [4.78, 5) is 28.2. The summed E-state index contributed by atoms with van der Waals surface area (Å²) in [7, 11) is -3.03. The molecule has 0 saturated carbocycles. The van der Waals surface area contributed by atoms with Gasteiger partial charge in [-0.1, -0.05) is 13.8 Å². The molecule has 1 aliphatic rings. The molecule has 1 saturated heterocycles. The molecule has 2 atom stereocenters. The highest BCUT2D eigenvalue weighted by atomic mass is 32.2. The molecule has 0 aliphatic carbocycles. The predicted molar refractivity (Wildman–Crippen MR) is 101 cm³/mol. The molecule has 0 spiro atoms. The average Bonchev–Trinajstić information content (AvgIpc) is 3.08. The zero-order chi connectivity index (χ0) is 19.9. The third-order valence-corrected chi connectivity index (χ3v) is 6.67. The number of carbonyl (C=O) groups excluding carboxylic acids is 1. The molecule has 2 N–H and O–H groups in total. The fourth-order valence-electron chi connectivity index (χ4n) is 3.54. The van der Waals surface area contributed by atoms with Gasteiger partial charge in [-0.05, 0) is 37.5 Å². The number of hydrogen-bond acceptors (Lipinski definition) is 5. The second kappa shape index (κ2) is 6.95. The van der Waals surface area contributed by atoms with Crippen LogP contribution in [0.2, 0.25) is 0 Å². The van der Waals surface area contributed by atoms with E-state index in [2.05, 4.69) is 10.3 Å². The maximum atomic E-state index is 12.5. The second-order valence-electron chi connectivity index (χ2n) is 7.32. The fourth-order valence-corrected chi connectivity index (χ4v) is 5.24. The van der Waals surface area contributed by atoms with Crippen molar-refractivity contribution in [2.45, 2.75) is 39.3 Å². The van der Waals surface area contributed by atoms with Gasteiger partial charge in [0.1, 0.15) is 11.9 Å². The first-order valence-electron chi connectivity index (χ1n) is 8.82. The Kier molecular flexibility index (Phi) is 4.98. The van der Waals surface area contributed by atoms with Gasteiger partial charge in [0, 0.05) is 5.56 Å². The Bertz CT molecular complexity index is 1010. The maximum absolute atomic E-state index is 12.5. The fraction of sp³-hybridized carbons (Fsp3) is 0.500. The summed E-state index contributed by atoms with van der Waals surface area (Å²) >= 11 is 0. The lowest BCUT2D eigenvalue weighted by molar-refractivity contribution is -0.140. The predicted octanol–water partition coefficient (Wildman–Crippen LogP) is 1.54. The highest BCUT2D eigenvalue weighted by Crippen LogP contribution is 2.29. The minimum absolute atomic E-state index is 0.0935. The zero-order valence-electron chi connectivity index (χ0n) is 15.5. The van der Waals surface area contributed by atoms with Gasteiger partial charge in [-0.25, -0.2) is 18.2 Å². The van der Waals surface area contributed by atoms with Crippen LogP contribution in [0.4, 0.5) is 0 Å². The summed E-state index contributed by atoms with van der Waals surface area (Å²) in [6, 6.07) is 3.82. The van der Waals surface area contributed by atoms with E-state index in [1.54, 1.807) is 32.0 Å². The number of sulfone groups is 1. The molecule has 1 aromatic carbocycles. The average molecular weight is 393 g/mol. The summed E-state index contributed by atoms with van der Waals surface area (Å²) < 4.78 is 25.5. The van der Waals surface area contributed by atoms with E-state index in [1.807, 2.05) is 11.5 Å². The van der Waals surface area contributed by atoms with Crippen LogP contribution in [0.25, 0.3) is 11.0 Å². The number of carboxylic acid groups (broad SMARTS) is 1. The minimum atomic E-state index is -3.03. The largest absolute Gasteiger partial charge is 0.480 e. The van der Waals surface area contributed by atoms with Crippen LogP contribution in [0.1, 0.15) is 42.5 Å². The molecule has 8 nitrogen and oxygen atoms in total. The third kappa shape index (κ3) is 3.83. The van der Waals surface area contributed by atoms with E-state index in [9.17, 15) is 23.1 Å². The molecule has 0 radical (unpaired) electrons. The smallest absolute Gasteiger partial charge is 0.326 e. The summed E-state index contributed by atoms with van der Waals surface area (Å²) in [6.07, 6.45) is 0.547. The number of rotatable bonds is 5. The van der Waals surface area contributed by atoms with Gasteiger partial charge in [-0.15, -0.1) is 0 Å². The van der Waals surface area contributed by atoms with Gasteiger partial charge >= 0.3 is 5.97 Å². The molecule has 1 aliphatic heterocycles. The number of carboxylic acids is 1. The molecule has 3 rings (SSSR count). The number of nitrogens with one attached hydrogen (secondary N) is 1. The number of amides is 1. The van der Waals surface area contributed by atoms with Gasteiger partial charge in [0.2, 0.25) is 0 Å². The molecule has 1 unspecified atom stereocenters. The number of fused-ring (bicyclic) bond motifs is 1. The van der Waals surface area contributed by atoms with Crippen molar-refractivity contribution in [2.24, 2.45) is 5.92 Å². The molecule has 27 heavy (non-hydrogen) atoms. The molecular weight excluding hydrogens is 370 g/mol. The van der Waals surface area contributed by atoms with Crippen LogP contribution in [0.3, 0.4) is 0 Å². The first-order chi connectivity index (χ1) is 12.6. The first kappa shape index (κ1) is 19.3. The molecule has 2 aromatic rings. The monoisotopic (exact) mass is 393 g/mol. The van der Waals surface area contributed by atoms with E-state index >= 15 is 0 Å². The molecule has 1 amide bonds. The van der Waals surface area contributed by atoms with E-state index in [4.69, 9.17) is 0 Å². The van der Waals surface area contributed by atoms with Gasteiger partial charge in [-0.2, -0.15) is 0 Å². The SMILES string of the molecule is Cc1nc2cc(C(=O)N[C@H](C(=O)O)C(C)C)ccc2n1C1CCS(=O)(=O)C1. The molecule has 2 heterocycles. The Morgan fingerprint density at radius 2 is 2.04 bits per heavy atom. The van der Waals surface area contributed by atoms with E-state index in [0.717, 1.165) is 5.52 Å². The number of carbonyl (C=O) groups is 2. The summed E-state index contributed by atoms with van der Waals surface area (Å²) in [5.41, 5.74) is 1.67. The van der Waals surface area contributed by atoms with Gasteiger partial charge in [-0.3, -0.25) is 4.79 Å². The molecular formula is C18H23N3O5S. The second-order valence-corrected chi connectivity index (χ2v) is 9.55. The molecule has 1 fully saturated rings. The van der Waals surface area contributed by atoms with Crippen LogP contribution in [-0.2, 0) is 14.6 Å². The van der Waals surface area contributed by atoms with Crippen molar-refractivity contribution in [3.63, 3.8) is 0 Å². The molecule has 1 aromatic heterocycles. The lowest BCUT2D eigenvalue weighted by Crippen LogP contribution is -2.44. The van der Waals surface area contributed by atoms with Crippen LogP contribution >= 0.6 is 0 Å². The number of aromatic nitrogens is 2. The normalized spacial score (nSPS) is 20.1. The summed E-state index contributed by atoms with van der Waals surface area (Å²) in [6.45, 7) is 5.26. The van der Waals surface area contributed by atoms with Gasteiger partial charge < -0.3 is 15.0 Å². The van der Waals surface area contributed by atoms with E-state index in [0.29, 0.717) is 23.3 Å². The Morgan fingerprint density at radius 3 is 2.59 bits per heavy atom. The van der Waals surface area contributed by atoms with Crippen molar-refractivity contribution in [1.29, 1.82) is 0 Å². The van der Waals surface area contributed by atoms with E-state index in [-0.39, 0.29) is 23.5 Å². The van der Waals surface area contributed by atoms with Crippen LogP contribution in [0.5, 0.6) is 0 Å². The third-order valence-electron chi connectivity index (χ3n) is 4.92. The van der Waals surface area contributed by atoms with Crippen molar-refractivity contribution in [2.75, 3.05) is 11.5 Å². The van der Waals surface area contributed by atoms with Crippen LogP contribution in [0, 0.1) is 12.8 Å². The number of nitrogens with zero attached hydrogens (tertiary/aromatic N) is 2. The Morgan fingerprint density at radius 1 is 1.33 bits per heavy atom. The molecule has 0 bridgehead atoms. The summed E-state index contributed by atoms with van der Waals surface area (Å²) in [5.74, 6) is -0.856. The van der Waals surface area contributed by atoms with Gasteiger partial charge in [0.15, 0.2) is 9.84 Å². The van der Waals surface area contributed by atoms with Gasteiger partial charge in [0.05, 0.1) is 28.6 Å². The quantitative estimate of drug-likeness (QED) is 0.795. The lowest BCUT2D eigenvalue weighted by Gasteiger charge is -2.18. The van der Waals surface area contributed by atoms with E-state index in [1.165, 1.54) is 0 Å². The highest BCUT2D eigenvalue weighted by Gasteiger charge is 2.31. The lowest BCUT2D eigenvalue weighted by atomic mass is 10.0. The van der Waals surface area contributed by atoms with Crippen LogP contribution < -0.4 is 5.32 Å². The number of aliphatic carboxylic acids is 1. The van der Waals surface area contributed by atoms with E-state index < -0.39 is 27.8 Å². The minimum Gasteiger partial charge on any atom is -0.480 e. The van der Waals surface area contributed by atoms with Crippen molar-refractivity contribution in [1.82, 2.24) is 14.9 Å². The standard InChI is InChI=1S/C18H23N3O5S/c1-10(2)16(18(23)24)20-17(22)12-4-5-15-14(8-12)19-11(3)21(15)13-6-7-27(25,26)9-13/h4-5,8,10,13,16H,6-7,9H2,1-3H3,(H,20,22)(H,23,24)/t13?,16-/m0/s1. The maximum Gasteiger partial charge on any atom is 0.326 e. The van der Waals surface area contributed by atoms with Crippen molar-refractivity contribution < 1.29 is 23.1 Å². The Hall–Kier alpha value is -2.42. The van der Waals surface area contributed by atoms with Crippen molar-refractivity contribution in [3.8, 4) is 0 Å². The topological polar surface area (TPSA) is 118 Å². The van der Waals surface area contributed by atoms with Crippen LogP contribution in [-0.4, -0.2) is 52.5 Å². The number of hydrogen-bond donors (Lipinski definition) is 2. The summed E-state index contributed by atoms with van der Waals surface area (Å²) in [5, 5.41) is 11.8. The molecule has 9 heteroatoms. The van der Waals surface area contributed by atoms with Crippen molar-refractivity contribution in [3.05, 3.63) is 29.6 Å². The number of benzene rings is 1. The Balaban J connectivity index is 1.91. The first-order valence-corrected chi connectivity index (χ1v) is 10.6. The van der Waals surface area contributed by atoms with Gasteiger partial charge in [0.25, 0.3) is 5.91 Å². The van der Waals surface area contributed by atoms with Crippen molar-refractivity contribution >= 4 is 32.7 Å². The molecule has 146 valence electrons.